The predicted octanol–water partition coefficient (Wildman–Crippen LogP) is 2.88. The van der Waals surface area contributed by atoms with Crippen molar-refractivity contribution in [2.24, 2.45) is 5.73 Å². The molecule has 0 bridgehead atoms. The van der Waals surface area contributed by atoms with E-state index in [1.807, 2.05) is 55.3 Å². The summed E-state index contributed by atoms with van der Waals surface area (Å²) in [7, 11) is 3.64. The molecule has 0 saturated carbocycles. The Labute approximate surface area is 113 Å². The number of anilines is 2. The summed E-state index contributed by atoms with van der Waals surface area (Å²) in [5.74, 6) is 1.69. The van der Waals surface area contributed by atoms with Gasteiger partial charge in [0.05, 0.1) is 7.11 Å². The number of aromatic nitrogens is 1. The lowest BCUT2D eigenvalue weighted by Gasteiger charge is -2.20. The lowest BCUT2D eigenvalue weighted by atomic mass is 10.1. The van der Waals surface area contributed by atoms with Crippen LogP contribution in [-0.2, 0) is 0 Å². The van der Waals surface area contributed by atoms with Gasteiger partial charge in [-0.1, -0.05) is 6.07 Å². The molecule has 1 atom stereocenters. The average molecular weight is 257 g/mol. The van der Waals surface area contributed by atoms with Gasteiger partial charge >= 0.3 is 0 Å². The zero-order valence-corrected chi connectivity index (χ0v) is 11.5. The third-order valence-electron chi connectivity index (χ3n) is 3.08. The molecule has 2 aromatic rings. The molecule has 2 rings (SSSR count). The molecule has 2 N–H and O–H groups in total. The Morgan fingerprint density at radius 3 is 2.74 bits per heavy atom. The van der Waals surface area contributed by atoms with Crippen molar-refractivity contribution in [2.75, 3.05) is 19.1 Å². The standard InChI is InChI=1S/C15H19N3O/c1-11(16)12-7-8-17-15(9-12)18(2)13-5-4-6-14(10-13)19-3/h4-11H,16H2,1-3H3/t11-/m0/s1. The van der Waals surface area contributed by atoms with E-state index in [-0.39, 0.29) is 6.04 Å². The van der Waals surface area contributed by atoms with Crippen molar-refractivity contribution in [3.8, 4) is 5.75 Å². The number of ether oxygens (including phenoxy) is 1. The van der Waals surface area contributed by atoms with E-state index in [0.717, 1.165) is 22.8 Å². The van der Waals surface area contributed by atoms with Gasteiger partial charge in [-0.05, 0) is 36.8 Å². The zero-order valence-electron chi connectivity index (χ0n) is 11.5. The summed E-state index contributed by atoms with van der Waals surface area (Å²) in [4.78, 5) is 6.39. The van der Waals surface area contributed by atoms with Gasteiger partial charge in [0.2, 0.25) is 0 Å². The van der Waals surface area contributed by atoms with Gasteiger partial charge in [0.1, 0.15) is 11.6 Å². The maximum absolute atomic E-state index is 5.90. The Morgan fingerprint density at radius 1 is 1.26 bits per heavy atom. The minimum Gasteiger partial charge on any atom is -0.497 e. The van der Waals surface area contributed by atoms with Crippen LogP contribution >= 0.6 is 0 Å². The number of hydrogen-bond donors (Lipinski definition) is 1. The third kappa shape index (κ3) is 3.03. The first-order valence-corrected chi connectivity index (χ1v) is 6.21. The van der Waals surface area contributed by atoms with Crippen LogP contribution in [0.25, 0.3) is 0 Å². The van der Waals surface area contributed by atoms with Crippen molar-refractivity contribution < 1.29 is 4.74 Å². The first-order chi connectivity index (χ1) is 9.11. The van der Waals surface area contributed by atoms with Gasteiger partial charge in [0.25, 0.3) is 0 Å². The fraction of sp³-hybridized carbons (Fsp3) is 0.267. The smallest absolute Gasteiger partial charge is 0.132 e. The Hall–Kier alpha value is -2.07. The molecule has 100 valence electrons. The molecule has 0 aliphatic rings. The fourth-order valence-electron chi connectivity index (χ4n) is 1.85. The van der Waals surface area contributed by atoms with Crippen molar-refractivity contribution in [3.63, 3.8) is 0 Å². The fourth-order valence-corrected chi connectivity index (χ4v) is 1.85. The van der Waals surface area contributed by atoms with Crippen molar-refractivity contribution in [1.82, 2.24) is 4.98 Å². The summed E-state index contributed by atoms with van der Waals surface area (Å²) >= 11 is 0. The van der Waals surface area contributed by atoms with Crippen molar-refractivity contribution in [1.29, 1.82) is 0 Å². The predicted molar refractivity (Wildman–Crippen MR) is 77.9 cm³/mol. The lowest BCUT2D eigenvalue weighted by Crippen LogP contribution is -2.13. The van der Waals surface area contributed by atoms with Crippen molar-refractivity contribution in [2.45, 2.75) is 13.0 Å². The van der Waals surface area contributed by atoms with Gasteiger partial charge in [-0.3, -0.25) is 0 Å². The molecule has 0 saturated heterocycles. The monoisotopic (exact) mass is 257 g/mol. The summed E-state index contributed by atoms with van der Waals surface area (Å²) in [6.45, 7) is 1.96. The van der Waals surface area contributed by atoms with Crippen molar-refractivity contribution in [3.05, 3.63) is 48.2 Å². The van der Waals surface area contributed by atoms with E-state index in [0.29, 0.717) is 0 Å². The Morgan fingerprint density at radius 2 is 2.05 bits per heavy atom. The molecule has 1 heterocycles. The highest BCUT2D eigenvalue weighted by Gasteiger charge is 2.08. The summed E-state index contributed by atoms with van der Waals surface area (Å²) in [6.07, 6.45) is 1.78. The van der Waals surface area contributed by atoms with E-state index < -0.39 is 0 Å². The van der Waals surface area contributed by atoms with E-state index in [2.05, 4.69) is 4.98 Å². The topological polar surface area (TPSA) is 51.4 Å². The van der Waals surface area contributed by atoms with E-state index in [4.69, 9.17) is 10.5 Å². The molecule has 0 spiro atoms. The quantitative estimate of drug-likeness (QED) is 0.915. The lowest BCUT2D eigenvalue weighted by molar-refractivity contribution is 0.415. The number of benzene rings is 1. The van der Waals surface area contributed by atoms with Crippen molar-refractivity contribution >= 4 is 11.5 Å². The molecular formula is C15H19N3O. The molecule has 4 heteroatoms. The van der Waals surface area contributed by atoms with Crippen LogP contribution in [0.4, 0.5) is 11.5 Å². The van der Waals surface area contributed by atoms with Crippen LogP contribution in [0.5, 0.6) is 5.75 Å². The molecule has 1 aromatic carbocycles. The second-order valence-electron chi connectivity index (χ2n) is 4.50. The molecule has 0 unspecified atom stereocenters. The Bertz CT molecular complexity index is 555. The molecule has 4 nitrogen and oxygen atoms in total. The van der Waals surface area contributed by atoms with E-state index >= 15 is 0 Å². The highest BCUT2D eigenvalue weighted by molar-refractivity contribution is 5.61. The van der Waals surface area contributed by atoms with Gasteiger partial charge in [-0.25, -0.2) is 4.98 Å². The maximum Gasteiger partial charge on any atom is 0.132 e. The molecular weight excluding hydrogens is 238 g/mol. The van der Waals surface area contributed by atoms with E-state index in [9.17, 15) is 0 Å². The number of methoxy groups -OCH3 is 1. The molecule has 19 heavy (non-hydrogen) atoms. The van der Waals surface area contributed by atoms with E-state index in [1.165, 1.54) is 0 Å². The number of nitrogens with zero attached hydrogens (tertiary/aromatic N) is 2. The Kier molecular flexibility index (Phi) is 4.02. The van der Waals surface area contributed by atoms with Gasteiger partial charge in [-0.15, -0.1) is 0 Å². The SMILES string of the molecule is COc1cccc(N(C)c2cc([C@H](C)N)ccn2)c1. The second kappa shape index (κ2) is 5.71. The van der Waals surface area contributed by atoms with Crippen LogP contribution in [0.3, 0.4) is 0 Å². The van der Waals surface area contributed by atoms with Gasteiger partial charge in [-0.2, -0.15) is 0 Å². The number of nitrogens with two attached hydrogens (primary N) is 1. The third-order valence-corrected chi connectivity index (χ3v) is 3.08. The Balaban J connectivity index is 2.32. The minimum absolute atomic E-state index is 0.000425. The summed E-state index contributed by atoms with van der Waals surface area (Å²) in [5, 5.41) is 0. The first-order valence-electron chi connectivity index (χ1n) is 6.21. The molecule has 0 fully saturated rings. The van der Waals surface area contributed by atoms with Gasteiger partial charge < -0.3 is 15.4 Å². The average Bonchev–Trinajstić information content (AvgIpc) is 2.46. The molecule has 1 aromatic heterocycles. The highest BCUT2D eigenvalue weighted by Crippen LogP contribution is 2.26. The normalized spacial score (nSPS) is 12.0. The summed E-state index contributed by atoms with van der Waals surface area (Å²) in [6, 6.07) is 11.8. The van der Waals surface area contributed by atoms with Crippen LogP contribution in [-0.4, -0.2) is 19.1 Å². The summed E-state index contributed by atoms with van der Waals surface area (Å²) in [5.41, 5.74) is 7.99. The van der Waals surface area contributed by atoms with Crippen LogP contribution in [0, 0.1) is 0 Å². The van der Waals surface area contributed by atoms with Crippen LogP contribution in [0.15, 0.2) is 42.6 Å². The second-order valence-corrected chi connectivity index (χ2v) is 4.50. The minimum atomic E-state index is 0.000425. The number of rotatable bonds is 4. The zero-order chi connectivity index (χ0) is 13.8. The summed E-state index contributed by atoms with van der Waals surface area (Å²) < 4.78 is 5.24. The molecule has 0 radical (unpaired) electrons. The van der Waals surface area contributed by atoms with Crippen LogP contribution in [0.1, 0.15) is 18.5 Å². The molecule has 0 aliphatic carbocycles. The molecule has 0 aliphatic heterocycles. The number of pyridine rings is 1. The van der Waals surface area contributed by atoms with Crippen LogP contribution in [0.2, 0.25) is 0 Å². The maximum atomic E-state index is 5.90. The highest BCUT2D eigenvalue weighted by atomic mass is 16.5. The molecule has 0 amide bonds. The number of hydrogen-bond acceptors (Lipinski definition) is 4. The first kappa shape index (κ1) is 13.4. The van der Waals surface area contributed by atoms with Gasteiger partial charge in [0.15, 0.2) is 0 Å². The van der Waals surface area contributed by atoms with Crippen LogP contribution < -0.4 is 15.4 Å². The van der Waals surface area contributed by atoms with E-state index in [1.54, 1.807) is 13.3 Å². The van der Waals surface area contributed by atoms with Gasteiger partial charge in [0, 0.05) is 31.0 Å². The largest absolute Gasteiger partial charge is 0.497 e.